The number of imidazole rings is 1. The molecule has 0 aromatic carbocycles. The topological polar surface area (TPSA) is 68.3 Å². The minimum Gasteiger partial charge on any atom is -0.340 e. The number of rotatable bonds is 2. The molecule has 0 N–H and O–H groups in total. The Hall–Kier alpha value is -2.09. The van der Waals surface area contributed by atoms with Crippen LogP contribution in [0.15, 0.2) is 9.59 Å². The number of piperazine rings is 1. The fourth-order valence-electron chi connectivity index (χ4n) is 3.12. The number of hydrogen-bond donors (Lipinski definition) is 0. The molecule has 8 heteroatoms. The van der Waals surface area contributed by atoms with Gasteiger partial charge in [0.1, 0.15) is 0 Å². The second-order valence-electron chi connectivity index (χ2n) is 6.54. The highest BCUT2D eigenvalue weighted by atomic mass is 16.2. The van der Waals surface area contributed by atoms with Crippen LogP contribution in [0, 0.1) is 0 Å². The van der Waals surface area contributed by atoms with E-state index in [1.54, 1.807) is 7.05 Å². The van der Waals surface area contributed by atoms with Gasteiger partial charge in [-0.05, 0) is 20.9 Å². The van der Waals surface area contributed by atoms with Crippen molar-refractivity contribution in [2.75, 3.05) is 38.1 Å². The molecule has 126 valence electrons. The molecule has 3 rings (SSSR count). The van der Waals surface area contributed by atoms with Gasteiger partial charge in [-0.1, -0.05) is 0 Å². The van der Waals surface area contributed by atoms with Crippen molar-refractivity contribution in [2.24, 2.45) is 14.1 Å². The number of aromatic nitrogens is 4. The van der Waals surface area contributed by atoms with E-state index in [2.05, 4.69) is 21.8 Å². The van der Waals surface area contributed by atoms with Crippen LogP contribution in [0.25, 0.3) is 11.2 Å². The smallest absolute Gasteiger partial charge is 0.332 e. The third-order valence-electron chi connectivity index (χ3n) is 4.58. The Morgan fingerprint density at radius 2 is 1.57 bits per heavy atom. The van der Waals surface area contributed by atoms with Gasteiger partial charge in [0.25, 0.3) is 5.56 Å². The highest BCUT2D eigenvalue weighted by Gasteiger charge is 2.25. The van der Waals surface area contributed by atoms with Gasteiger partial charge < -0.3 is 14.4 Å². The number of nitrogens with zero attached hydrogens (tertiary/aromatic N) is 6. The van der Waals surface area contributed by atoms with E-state index in [9.17, 15) is 9.59 Å². The molecule has 2 aromatic rings. The van der Waals surface area contributed by atoms with Crippen molar-refractivity contribution in [2.45, 2.75) is 19.9 Å². The van der Waals surface area contributed by atoms with Crippen LogP contribution in [0.3, 0.4) is 0 Å². The van der Waals surface area contributed by atoms with E-state index in [1.165, 1.54) is 11.6 Å². The largest absolute Gasteiger partial charge is 0.340 e. The fraction of sp³-hybridized carbons (Fsp3) is 0.667. The molecule has 0 amide bonds. The summed E-state index contributed by atoms with van der Waals surface area (Å²) in [4.78, 5) is 33.9. The zero-order valence-electron chi connectivity index (χ0n) is 14.4. The summed E-state index contributed by atoms with van der Waals surface area (Å²) in [6.45, 7) is 7.70. The first kappa shape index (κ1) is 15.8. The van der Waals surface area contributed by atoms with Crippen LogP contribution >= 0.6 is 0 Å². The van der Waals surface area contributed by atoms with Gasteiger partial charge in [0.15, 0.2) is 11.2 Å². The summed E-state index contributed by atoms with van der Waals surface area (Å²) in [5.74, 6) is 0.779. The van der Waals surface area contributed by atoms with Crippen LogP contribution in [-0.2, 0) is 14.1 Å². The Morgan fingerprint density at radius 3 is 2.13 bits per heavy atom. The molecule has 1 fully saturated rings. The Kier molecular flexibility index (Phi) is 3.79. The average Bonchev–Trinajstić information content (AvgIpc) is 2.92. The number of hydrogen-bond acceptors (Lipinski definition) is 5. The molecule has 1 aliphatic heterocycles. The lowest BCUT2D eigenvalue weighted by atomic mass is 10.3. The van der Waals surface area contributed by atoms with Crippen LogP contribution in [0.2, 0.25) is 0 Å². The van der Waals surface area contributed by atoms with Crippen molar-refractivity contribution in [3.63, 3.8) is 0 Å². The molecule has 0 aliphatic carbocycles. The summed E-state index contributed by atoms with van der Waals surface area (Å²) < 4.78 is 4.56. The van der Waals surface area contributed by atoms with Crippen LogP contribution in [0.5, 0.6) is 0 Å². The van der Waals surface area contributed by atoms with Gasteiger partial charge in [-0.25, -0.2) is 4.79 Å². The second kappa shape index (κ2) is 5.52. The van der Waals surface area contributed by atoms with E-state index in [0.29, 0.717) is 11.2 Å². The van der Waals surface area contributed by atoms with Crippen LogP contribution in [-0.4, -0.2) is 56.8 Å². The molecule has 3 heterocycles. The number of likely N-dealkylation sites (N-methyl/N-ethyl adjacent to an activating group) is 1. The van der Waals surface area contributed by atoms with Crippen molar-refractivity contribution in [3.05, 3.63) is 20.8 Å². The molecule has 1 saturated heterocycles. The molecule has 0 atom stereocenters. The Balaban J connectivity index is 2.29. The van der Waals surface area contributed by atoms with Crippen molar-refractivity contribution in [3.8, 4) is 0 Å². The van der Waals surface area contributed by atoms with E-state index < -0.39 is 0 Å². The number of aryl methyl sites for hydroxylation is 1. The predicted molar refractivity (Wildman–Crippen MR) is 90.3 cm³/mol. The van der Waals surface area contributed by atoms with E-state index in [-0.39, 0.29) is 17.3 Å². The van der Waals surface area contributed by atoms with Gasteiger partial charge in [-0.2, -0.15) is 4.98 Å². The maximum Gasteiger partial charge on any atom is 0.332 e. The van der Waals surface area contributed by atoms with Crippen LogP contribution in [0.1, 0.15) is 19.9 Å². The summed E-state index contributed by atoms with van der Waals surface area (Å²) in [5, 5.41) is 0. The first-order valence-electron chi connectivity index (χ1n) is 7.94. The number of fused-ring (bicyclic) bond motifs is 1. The van der Waals surface area contributed by atoms with Crippen LogP contribution < -0.4 is 16.1 Å². The SMILES string of the molecule is CC(C)n1c(N2CCN(C)CC2)nc2c1c(=O)n(C)c(=O)n2C. The normalized spacial score (nSPS) is 16.7. The maximum absolute atomic E-state index is 12.6. The predicted octanol–water partition coefficient (Wildman–Crippen LogP) is -0.234. The fourth-order valence-corrected chi connectivity index (χ4v) is 3.12. The molecule has 0 unspecified atom stereocenters. The average molecular weight is 320 g/mol. The summed E-state index contributed by atoms with van der Waals surface area (Å²) in [6.07, 6.45) is 0. The van der Waals surface area contributed by atoms with E-state index in [4.69, 9.17) is 0 Å². The standard InChI is InChI=1S/C15H24N6O2/c1-10(2)21-11-12(18(4)15(23)19(5)13(11)22)16-14(21)20-8-6-17(3)7-9-20/h10H,6-9H2,1-5H3. The molecule has 0 bridgehead atoms. The Labute approximate surface area is 134 Å². The maximum atomic E-state index is 12.6. The lowest BCUT2D eigenvalue weighted by Gasteiger charge is -2.33. The van der Waals surface area contributed by atoms with E-state index >= 15 is 0 Å². The summed E-state index contributed by atoms with van der Waals surface area (Å²) >= 11 is 0. The Bertz CT molecular complexity index is 851. The van der Waals surface area contributed by atoms with Gasteiger partial charge in [0.2, 0.25) is 5.95 Å². The van der Waals surface area contributed by atoms with Crippen LogP contribution in [0.4, 0.5) is 5.95 Å². The highest BCUT2D eigenvalue weighted by molar-refractivity contribution is 5.74. The molecule has 23 heavy (non-hydrogen) atoms. The second-order valence-corrected chi connectivity index (χ2v) is 6.54. The summed E-state index contributed by atoms with van der Waals surface area (Å²) in [7, 11) is 5.27. The van der Waals surface area contributed by atoms with Gasteiger partial charge in [0, 0.05) is 46.3 Å². The molecule has 0 radical (unpaired) electrons. The van der Waals surface area contributed by atoms with E-state index in [1.807, 2.05) is 18.4 Å². The zero-order valence-corrected chi connectivity index (χ0v) is 14.4. The Morgan fingerprint density at radius 1 is 0.957 bits per heavy atom. The van der Waals surface area contributed by atoms with Crippen molar-refractivity contribution in [1.82, 2.24) is 23.6 Å². The van der Waals surface area contributed by atoms with Gasteiger partial charge in [-0.3, -0.25) is 13.9 Å². The molecule has 1 aliphatic rings. The minimum absolute atomic E-state index is 0.0832. The summed E-state index contributed by atoms with van der Waals surface area (Å²) in [5.41, 5.74) is 0.324. The van der Waals surface area contributed by atoms with Gasteiger partial charge >= 0.3 is 5.69 Å². The minimum atomic E-state index is -0.346. The lowest BCUT2D eigenvalue weighted by molar-refractivity contribution is 0.309. The molecule has 0 spiro atoms. The molecule has 8 nitrogen and oxygen atoms in total. The quantitative estimate of drug-likeness (QED) is 0.764. The third-order valence-corrected chi connectivity index (χ3v) is 4.58. The molecule has 2 aromatic heterocycles. The molecule has 0 saturated carbocycles. The van der Waals surface area contributed by atoms with Crippen molar-refractivity contribution >= 4 is 17.1 Å². The van der Waals surface area contributed by atoms with Crippen molar-refractivity contribution < 1.29 is 0 Å². The number of anilines is 1. The van der Waals surface area contributed by atoms with Gasteiger partial charge in [-0.15, -0.1) is 0 Å². The van der Waals surface area contributed by atoms with E-state index in [0.717, 1.165) is 36.7 Å². The third kappa shape index (κ3) is 2.37. The van der Waals surface area contributed by atoms with Crippen molar-refractivity contribution in [1.29, 1.82) is 0 Å². The molecular formula is C15H24N6O2. The monoisotopic (exact) mass is 320 g/mol. The molecular weight excluding hydrogens is 296 g/mol. The summed E-state index contributed by atoms with van der Waals surface area (Å²) in [6, 6.07) is 0.0832. The first-order valence-corrected chi connectivity index (χ1v) is 7.94. The highest BCUT2D eigenvalue weighted by Crippen LogP contribution is 2.24. The zero-order chi connectivity index (χ0) is 16.9. The van der Waals surface area contributed by atoms with Gasteiger partial charge in [0.05, 0.1) is 0 Å². The first-order chi connectivity index (χ1) is 10.8. The lowest BCUT2D eigenvalue weighted by Crippen LogP contribution is -2.45.